The van der Waals surface area contributed by atoms with Gasteiger partial charge in [-0.15, -0.1) is 0 Å². The Bertz CT molecular complexity index is 1090. The normalized spacial score (nSPS) is 11.2. The van der Waals surface area contributed by atoms with Gasteiger partial charge in [-0.2, -0.15) is 13.2 Å². The molecular weight excluding hydrogens is 385 g/mol. The molecule has 3 aromatic carbocycles. The van der Waals surface area contributed by atoms with Crippen LogP contribution in [0.15, 0.2) is 66.7 Å². The fourth-order valence-electron chi connectivity index (χ4n) is 2.84. The van der Waals surface area contributed by atoms with Crippen LogP contribution in [-0.2, 0) is 6.18 Å². The molecule has 0 atom stereocenters. The largest absolute Gasteiger partial charge is 0.416 e. The number of nitrogens with one attached hydrogen (secondary N) is 1. The highest BCUT2D eigenvalue weighted by atomic mass is 19.4. The predicted octanol–water partition coefficient (Wildman–Crippen LogP) is 5.84. The molecule has 8 heteroatoms. The highest BCUT2D eigenvalue weighted by molar-refractivity contribution is 6.04. The summed E-state index contributed by atoms with van der Waals surface area (Å²) >= 11 is 0. The van der Waals surface area contributed by atoms with E-state index >= 15 is 0 Å². The maximum Gasteiger partial charge on any atom is 0.416 e. The second kappa shape index (κ2) is 7.75. The minimum atomic E-state index is -4.55. The van der Waals surface area contributed by atoms with Crippen molar-refractivity contribution < 1.29 is 22.9 Å². The number of hydrogen-bond acceptors (Lipinski definition) is 3. The van der Waals surface area contributed by atoms with Crippen LogP contribution in [0.4, 0.5) is 24.5 Å². The Kier molecular flexibility index (Phi) is 5.36. The fourth-order valence-corrected chi connectivity index (χ4v) is 2.84. The van der Waals surface area contributed by atoms with E-state index in [0.717, 1.165) is 17.7 Å². The van der Waals surface area contributed by atoms with E-state index in [1.54, 1.807) is 30.3 Å². The van der Waals surface area contributed by atoms with Gasteiger partial charge < -0.3 is 5.32 Å². The van der Waals surface area contributed by atoms with E-state index in [2.05, 4.69) is 5.32 Å². The second-order valence-corrected chi connectivity index (χ2v) is 6.37. The SMILES string of the molecule is Cc1ccc(NC(=O)c2cccc(C(F)(F)F)c2)cc1-c1cccc([N+](=O)[O-])c1. The molecular formula is C21H15F3N2O3. The van der Waals surface area contributed by atoms with Crippen LogP contribution in [-0.4, -0.2) is 10.8 Å². The Morgan fingerprint density at radius 1 is 1.00 bits per heavy atom. The number of nitro benzene ring substituents is 1. The number of carbonyl (C=O) groups is 1. The summed E-state index contributed by atoms with van der Waals surface area (Å²) in [5.74, 6) is -0.690. The molecule has 0 aliphatic rings. The molecule has 0 bridgehead atoms. The second-order valence-electron chi connectivity index (χ2n) is 6.37. The van der Waals surface area contributed by atoms with E-state index in [-0.39, 0.29) is 11.3 Å². The zero-order chi connectivity index (χ0) is 21.2. The maximum absolute atomic E-state index is 12.9. The van der Waals surface area contributed by atoms with Gasteiger partial charge in [-0.25, -0.2) is 0 Å². The highest BCUT2D eigenvalue weighted by Crippen LogP contribution is 2.31. The summed E-state index contributed by atoms with van der Waals surface area (Å²) in [5, 5.41) is 13.6. The topological polar surface area (TPSA) is 72.2 Å². The summed E-state index contributed by atoms with van der Waals surface area (Å²) in [6, 6.07) is 15.1. The molecule has 0 heterocycles. The Labute approximate surface area is 164 Å². The van der Waals surface area contributed by atoms with Gasteiger partial charge in [0.15, 0.2) is 0 Å². The number of hydrogen-bond donors (Lipinski definition) is 1. The van der Waals surface area contributed by atoms with E-state index < -0.39 is 22.6 Å². The van der Waals surface area contributed by atoms with Crippen LogP contribution in [0.25, 0.3) is 11.1 Å². The molecule has 0 aliphatic carbocycles. The van der Waals surface area contributed by atoms with Crippen LogP contribution in [0.3, 0.4) is 0 Å². The average molecular weight is 400 g/mol. The third-order valence-corrected chi connectivity index (χ3v) is 4.32. The lowest BCUT2D eigenvalue weighted by Gasteiger charge is -2.12. The first-order valence-electron chi connectivity index (χ1n) is 8.49. The number of aryl methyl sites for hydroxylation is 1. The van der Waals surface area contributed by atoms with Gasteiger partial charge in [-0.3, -0.25) is 14.9 Å². The van der Waals surface area contributed by atoms with Crippen molar-refractivity contribution in [2.75, 3.05) is 5.32 Å². The van der Waals surface area contributed by atoms with Crippen molar-refractivity contribution in [3.8, 4) is 11.1 Å². The van der Waals surface area contributed by atoms with E-state index in [0.29, 0.717) is 16.8 Å². The van der Waals surface area contributed by atoms with E-state index in [1.807, 2.05) is 6.92 Å². The molecule has 3 aromatic rings. The first kappa shape index (κ1) is 20.1. The third kappa shape index (κ3) is 4.60. The van der Waals surface area contributed by atoms with Crippen LogP contribution >= 0.6 is 0 Å². The Balaban J connectivity index is 1.90. The van der Waals surface area contributed by atoms with Gasteiger partial charge in [-0.1, -0.05) is 24.3 Å². The van der Waals surface area contributed by atoms with Gasteiger partial charge in [0, 0.05) is 23.4 Å². The van der Waals surface area contributed by atoms with E-state index in [9.17, 15) is 28.1 Å². The lowest BCUT2D eigenvalue weighted by atomic mass is 9.99. The number of anilines is 1. The van der Waals surface area contributed by atoms with Gasteiger partial charge in [-0.05, 0) is 53.9 Å². The van der Waals surface area contributed by atoms with Gasteiger partial charge >= 0.3 is 6.18 Å². The number of nitrogens with zero attached hydrogens (tertiary/aromatic N) is 1. The number of rotatable bonds is 4. The zero-order valence-corrected chi connectivity index (χ0v) is 15.2. The predicted molar refractivity (Wildman–Crippen MR) is 103 cm³/mol. The average Bonchev–Trinajstić information content (AvgIpc) is 2.69. The maximum atomic E-state index is 12.9. The Morgan fingerprint density at radius 2 is 1.72 bits per heavy atom. The summed E-state index contributed by atoms with van der Waals surface area (Å²) in [5.41, 5.74) is 1.33. The lowest BCUT2D eigenvalue weighted by molar-refractivity contribution is -0.384. The lowest BCUT2D eigenvalue weighted by Crippen LogP contribution is -2.14. The van der Waals surface area contributed by atoms with Gasteiger partial charge in [0.25, 0.3) is 11.6 Å². The molecule has 29 heavy (non-hydrogen) atoms. The quantitative estimate of drug-likeness (QED) is 0.442. The van der Waals surface area contributed by atoms with Gasteiger partial charge in [0.05, 0.1) is 10.5 Å². The highest BCUT2D eigenvalue weighted by Gasteiger charge is 2.30. The summed E-state index contributed by atoms with van der Waals surface area (Å²) in [6.07, 6.45) is -4.55. The molecule has 0 fully saturated rings. The number of alkyl halides is 3. The molecule has 1 N–H and O–H groups in total. The van der Waals surface area contributed by atoms with Crippen molar-refractivity contribution >= 4 is 17.3 Å². The molecule has 0 spiro atoms. The number of benzene rings is 3. The summed E-state index contributed by atoms with van der Waals surface area (Å²) in [6.45, 7) is 1.81. The summed E-state index contributed by atoms with van der Waals surface area (Å²) in [4.78, 5) is 22.9. The number of amides is 1. The molecule has 148 valence electrons. The molecule has 1 amide bonds. The smallest absolute Gasteiger partial charge is 0.322 e. The minimum Gasteiger partial charge on any atom is -0.322 e. The van der Waals surface area contributed by atoms with Gasteiger partial charge in [0.2, 0.25) is 0 Å². The van der Waals surface area contributed by atoms with Crippen molar-refractivity contribution in [1.29, 1.82) is 0 Å². The molecule has 0 radical (unpaired) electrons. The molecule has 5 nitrogen and oxygen atoms in total. The van der Waals surface area contributed by atoms with Crippen LogP contribution in [0.5, 0.6) is 0 Å². The van der Waals surface area contributed by atoms with Crippen molar-refractivity contribution in [2.45, 2.75) is 13.1 Å². The summed E-state index contributed by atoms with van der Waals surface area (Å²) < 4.78 is 38.6. The van der Waals surface area contributed by atoms with Crippen LogP contribution < -0.4 is 5.32 Å². The Morgan fingerprint density at radius 3 is 2.41 bits per heavy atom. The van der Waals surface area contributed by atoms with E-state index in [4.69, 9.17) is 0 Å². The number of carbonyl (C=O) groups excluding carboxylic acids is 1. The molecule has 0 aromatic heterocycles. The van der Waals surface area contributed by atoms with Crippen LogP contribution in [0.1, 0.15) is 21.5 Å². The number of halogens is 3. The fraction of sp³-hybridized carbons (Fsp3) is 0.0952. The molecule has 0 saturated heterocycles. The first-order valence-corrected chi connectivity index (χ1v) is 8.49. The standard InChI is InChI=1S/C21H15F3N2O3/c1-13-8-9-17(12-19(13)14-4-3-7-18(11-14)26(28)29)25-20(27)15-5-2-6-16(10-15)21(22,23)24/h2-12H,1H3,(H,25,27). The third-order valence-electron chi connectivity index (χ3n) is 4.32. The van der Waals surface area contributed by atoms with E-state index in [1.165, 1.54) is 24.3 Å². The monoisotopic (exact) mass is 400 g/mol. The molecule has 3 rings (SSSR count). The van der Waals surface area contributed by atoms with Crippen molar-refractivity contribution in [3.05, 3.63) is 93.5 Å². The molecule has 0 aliphatic heterocycles. The zero-order valence-electron chi connectivity index (χ0n) is 15.2. The van der Waals surface area contributed by atoms with Crippen molar-refractivity contribution in [3.63, 3.8) is 0 Å². The van der Waals surface area contributed by atoms with Crippen molar-refractivity contribution in [1.82, 2.24) is 0 Å². The van der Waals surface area contributed by atoms with Crippen LogP contribution in [0.2, 0.25) is 0 Å². The van der Waals surface area contributed by atoms with Crippen LogP contribution in [0, 0.1) is 17.0 Å². The first-order chi connectivity index (χ1) is 13.6. The Hall–Kier alpha value is -3.68. The molecule has 0 saturated carbocycles. The molecule has 0 unspecified atom stereocenters. The summed E-state index contributed by atoms with van der Waals surface area (Å²) in [7, 11) is 0. The minimum absolute atomic E-state index is 0.0692. The number of non-ortho nitro benzene ring substituents is 1. The van der Waals surface area contributed by atoms with Crippen molar-refractivity contribution in [2.24, 2.45) is 0 Å². The van der Waals surface area contributed by atoms with Gasteiger partial charge in [0.1, 0.15) is 0 Å². The number of nitro groups is 1.